The van der Waals surface area contributed by atoms with Gasteiger partial charge in [-0.05, 0) is 18.9 Å². The van der Waals surface area contributed by atoms with E-state index in [1.807, 2.05) is 31.1 Å². The van der Waals surface area contributed by atoms with Crippen molar-refractivity contribution in [2.75, 3.05) is 32.6 Å². The second-order valence-corrected chi connectivity index (χ2v) is 6.52. The highest BCUT2D eigenvalue weighted by Gasteiger charge is 2.27. The Balaban J connectivity index is 1.78. The molecule has 1 fully saturated rings. The highest BCUT2D eigenvalue weighted by atomic mass is 32.2. The fraction of sp³-hybridized carbons (Fsp3) is 0.538. The number of anilines is 1. The number of hydrogen-bond donors (Lipinski definition) is 2. The van der Waals surface area contributed by atoms with E-state index in [0.717, 1.165) is 30.9 Å². The predicted octanol–water partition coefficient (Wildman–Crippen LogP) is 0.533. The smallest absolute Gasteiger partial charge is 0.324 e. The molecule has 1 saturated heterocycles. The molecule has 1 aromatic heterocycles. The maximum absolute atomic E-state index is 11.3. The molecule has 1 aliphatic heterocycles. The van der Waals surface area contributed by atoms with Gasteiger partial charge in [0, 0.05) is 40.2 Å². The van der Waals surface area contributed by atoms with Gasteiger partial charge in [0.25, 0.3) is 0 Å². The fourth-order valence-corrected chi connectivity index (χ4v) is 2.89. The number of rotatable bonds is 6. The minimum atomic E-state index is -3.53. The van der Waals surface area contributed by atoms with Crippen LogP contribution >= 0.6 is 0 Å². The molecular weight excluding hydrogens is 306 g/mol. The Morgan fingerprint density at radius 1 is 1.18 bits per heavy atom. The summed E-state index contributed by atoms with van der Waals surface area (Å²) in [5.41, 5.74) is 0. The minimum absolute atomic E-state index is 0.252. The highest BCUT2D eigenvalue weighted by Crippen LogP contribution is 2.17. The Labute approximate surface area is 130 Å². The first-order valence-corrected chi connectivity index (χ1v) is 8.48. The van der Waals surface area contributed by atoms with Gasteiger partial charge in [0.05, 0.1) is 0 Å². The second-order valence-electron chi connectivity index (χ2n) is 5.10. The number of hydrogen-bond acceptors (Lipinski definition) is 6. The molecule has 0 bridgehead atoms. The molecule has 0 amide bonds. The average molecular weight is 327 g/mol. The quantitative estimate of drug-likeness (QED) is 0.745. The SMILES string of the molecule is CN=C1NS(=O)(=O)NC1=NCCCCc1ccc(N(C)C)o1. The molecule has 0 aliphatic carbocycles. The normalized spacial score (nSPS) is 20.1. The van der Waals surface area contributed by atoms with Crippen LogP contribution in [0.4, 0.5) is 5.88 Å². The average Bonchev–Trinajstić information content (AvgIpc) is 3.02. The van der Waals surface area contributed by atoms with Crippen LogP contribution in [0.5, 0.6) is 0 Å². The molecule has 8 nitrogen and oxygen atoms in total. The van der Waals surface area contributed by atoms with Crippen molar-refractivity contribution in [2.45, 2.75) is 19.3 Å². The van der Waals surface area contributed by atoms with Crippen LogP contribution in [-0.2, 0) is 16.6 Å². The van der Waals surface area contributed by atoms with Crippen LogP contribution in [0.1, 0.15) is 18.6 Å². The molecule has 0 atom stereocenters. The van der Waals surface area contributed by atoms with E-state index in [4.69, 9.17) is 4.42 Å². The van der Waals surface area contributed by atoms with Gasteiger partial charge in [-0.15, -0.1) is 0 Å². The van der Waals surface area contributed by atoms with Gasteiger partial charge in [-0.2, -0.15) is 8.42 Å². The number of nitrogens with zero attached hydrogens (tertiary/aromatic N) is 3. The Kier molecular flexibility index (Phi) is 5.07. The highest BCUT2D eigenvalue weighted by molar-refractivity contribution is 7.89. The van der Waals surface area contributed by atoms with Crippen LogP contribution in [0.3, 0.4) is 0 Å². The summed E-state index contributed by atoms with van der Waals surface area (Å²) in [7, 11) is 1.85. The summed E-state index contributed by atoms with van der Waals surface area (Å²) in [5, 5.41) is 0. The number of nitrogens with one attached hydrogen (secondary N) is 2. The summed E-state index contributed by atoms with van der Waals surface area (Å²) >= 11 is 0. The van der Waals surface area contributed by atoms with Crippen molar-refractivity contribution in [3.63, 3.8) is 0 Å². The van der Waals surface area contributed by atoms with Gasteiger partial charge in [-0.25, -0.2) is 9.44 Å². The van der Waals surface area contributed by atoms with E-state index in [1.165, 1.54) is 7.05 Å². The second kappa shape index (κ2) is 6.82. The zero-order chi connectivity index (χ0) is 16.2. The van der Waals surface area contributed by atoms with E-state index in [9.17, 15) is 8.42 Å². The zero-order valence-corrected chi connectivity index (χ0v) is 13.8. The van der Waals surface area contributed by atoms with Crippen molar-refractivity contribution in [1.82, 2.24) is 9.44 Å². The summed E-state index contributed by atoms with van der Waals surface area (Å²) < 4.78 is 32.9. The molecule has 1 aromatic rings. The first-order chi connectivity index (χ1) is 10.4. The van der Waals surface area contributed by atoms with Crippen LogP contribution in [0, 0.1) is 0 Å². The van der Waals surface area contributed by atoms with E-state index in [-0.39, 0.29) is 11.7 Å². The lowest BCUT2D eigenvalue weighted by Crippen LogP contribution is -2.24. The van der Waals surface area contributed by atoms with Gasteiger partial charge in [-0.3, -0.25) is 9.98 Å². The zero-order valence-electron chi connectivity index (χ0n) is 13.0. The van der Waals surface area contributed by atoms with Gasteiger partial charge < -0.3 is 9.32 Å². The molecule has 122 valence electrons. The molecule has 0 aromatic carbocycles. The van der Waals surface area contributed by atoms with Gasteiger partial charge >= 0.3 is 10.2 Å². The summed E-state index contributed by atoms with van der Waals surface area (Å²) in [6.07, 6.45) is 2.58. The molecule has 0 radical (unpaired) electrons. The standard InChI is InChI=1S/C13H21N5O3S/c1-14-12-13(17-22(19,20)16-12)15-9-5-4-6-10-7-8-11(21-10)18(2)3/h7-8H,4-6,9H2,1-3H3,(H,14,16)(H,15,17). The molecule has 2 heterocycles. The monoisotopic (exact) mass is 327 g/mol. The van der Waals surface area contributed by atoms with E-state index >= 15 is 0 Å². The van der Waals surface area contributed by atoms with Gasteiger partial charge in [0.2, 0.25) is 0 Å². The van der Waals surface area contributed by atoms with Crippen molar-refractivity contribution in [2.24, 2.45) is 9.98 Å². The van der Waals surface area contributed by atoms with Crippen LogP contribution in [0.15, 0.2) is 26.5 Å². The summed E-state index contributed by atoms with van der Waals surface area (Å²) in [5.74, 6) is 2.30. The Morgan fingerprint density at radius 2 is 1.91 bits per heavy atom. The summed E-state index contributed by atoms with van der Waals surface area (Å²) in [4.78, 5) is 9.99. The third kappa shape index (κ3) is 4.23. The summed E-state index contributed by atoms with van der Waals surface area (Å²) in [6, 6.07) is 3.91. The molecule has 0 saturated carbocycles. The van der Waals surface area contributed by atoms with E-state index in [2.05, 4.69) is 19.4 Å². The largest absolute Gasteiger partial charge is 0.446 e. The molecular formula is C13H21N5O3S. The van der Waals surface area contributed by atoms with E-state index in [0.29, 0.717) is 6.54 Å². The Morgan fingerprint density at radius 3 is 2.55 bits per heavy atom. The van der Waals surface area contributed by atoms with E-state index in [1.54, 1.807) is 0 Å². The molecule has 0 spiro atoms. The third-order valence-electron chi connectivity index (χ3n) is 3.10. The molecule has 0 unspecified atom stereocenters. The molecule has 2 N–H and O–H groups in total. The Bertz CT molecular complexity index is 676. The molecule has 9 heteroatoms. The molecule has 1 aliphatic rings. The van der Waals surface area contributed by atoms with Crippen molar-refractivity contribution in [3.05, 3.63) is 17.9 Å². The maximum atomic E-state index is 11.3. The first-order valence-electron chi connectivity index (χ1n) is 6.99. The van der Waals surface area contributed by atoms with Gasteiger partial charge in [-0.1, -0.05) is 0 Å². The van der Waals surface area contributed by atoms with Crippen molar-refractivity contribution < 1.29 is 12.8 Å². The predicted molar refractivity (Wildman–Crippen MR) is 86.8 cm³/mol. The van der Waals surface area contributed by atoms with Crippen LogP contribution < -0.4 is 14.3 Å². The van der Waals surface area contributed by atoms with Crippen LogP contribution in [-0.4, -0.2) is 47.8 Å². The fourth-order valence-electron chi connectivity index (χ4n) is 1.98. The topological polar surface area (TPSA) is 99.3 Å². The molecule has 2 rings (SSSR count). The van der Waals surface area contributed by atoms with Crippen molar-refractivity contribution >= 4 is 27.8 Å². The van der Waals surface area contributed by atoms with Crippen molar-refractivity contribution in [3.8, 4) is 0 Å². The van der Waals surface area contributed by atoms with Crippen LogP contribution in [0.2, 0.25) is 0 Å². The summed E-state index contributed by atoms with van der Waals surface area (Å²) in [6.45, 7) is 0.528. The molecule has 22 heavy (non-hydrogen) atoms. The van der Waals surface area contributed by atoms with Crippen LogP contribution in [0.25, 0.3) is 0 Å². The number of aliphatic imine (C=N–C) groups is 2. The van der Waals surface area contributed by atoms with Crippen molar-refractivity contribution in [1.29, 1.82) is 0 Å². The van der Waals surface area contributed by atoms with Gasteiger partial charge in [0.1, 0.15) is 5.76 Å². The number of aryl methyl sites for hydroxylation is 1. The lowest BCUT2D eigenvalue weighted by atomic mass is 10.2. The Hall–Kier alpha value is -2.03. The number of unbranched alkanes of at least 4 members (excludes halogenated alkanes) is 1. The number of amidine groups is 2. The third-order valence-corrected chi connectivity index (χ3v) is 4.02. The lowest BCUT2D eigenvalue weighted by Gasteiger charge is -2.06. The number of furan rings is 1. The minimum Gasteiger partial charge on any atom is -0.446 e. The lowest BCUT2D eigenvalue weighted by molar-refractivity contribution is 0.500. The maximum Gasteiger partial charge on any atom is 0.324 e. The first kappa shape index (κ1) is 16.3. The van der Waals surface area contributed by atoms with E-state index < -0.39 is 10.2 Å². The van der Waals surface area contributed by atoms with Gasteiger partial charge in [0.15, 0.2) is 17.6 Å².